The highest BCUT2D eigenvalue weighted by Crippen LogP contribution is 2.27. The molecule has 1 aromatic heterocycles. The molecule has 0 atom stereocenters. The Hall–Kier alpha value is -1.52. The first-order valence-corrected chi connectivity index (χ1v) is 8.11. The molecule has 5 nitrogen and oxygen atoms in total. The zero-order valence-electron chi connectivity index (χ0n) is 13.9. The van der Waals surface area contributed by atoms with Crippen LogP contribution in [0.15, 0.2) is 0 Å². The van der Waals surface area contributed by atoms with Crippen LogP contribution in [-0.2, 0) is 6.42 Å². The zero-order valence-corrected chi connectivity index (χ0v) is 13.9. The number of hydrogen-bond acceptors (Lipinski definition) is 5. The van der Waals surface area contributed by atoms with E-state index in [9.17, 15) is 0 Å². The molecule has 21 heavy (non-hydrogen) atoms. The van der Waals surface area contributed by atoms with Gasteiger partial charge in [0.25, 0.3) is 0 Å². The van der Waals surface area contributed by atoms with Gasteiger partial charge in [0.2, 0.25) is 5.88 Å². The van der Waals surface area contributed by atoms with E-state index in [2.05, 4.69) is 43.0 Å². The van der Waals surface area contributed by atoms with Crippen molar-refractivity contribution >= 4 is 11.5 Å². The molecule has 0 saturated carbocycles. The van der Waals surface area contributed by atoms with Crippen LogP contribution in [0.1, 0.15) is 59.2 Å². The van der Waals surface area contributed by atoms with Crippen LogP contribution in [0, 0.1) is 5.92 Å². The van der Waals surface area contributed by atoms with Gasteiger partial charge in [0.1, 0.15) is 11.5 Å². The summed E-state index contributed by atoms with van der Waals surface area (Å²) < 4.78 is 5.66. The van der Waals surface area contributed by atoms with Gasteiger partial charge in [-0.1, -0.05) is 40.5 Å². The van der Waals surface area contributed by atoms with Crippen LogP contribution in [0.2, 0.25) is 0 Å². The van der Waals surface area contributed by atoms with E-state index in [1.54, 1.807) is 0 Å². The molecule has 3 N–H and O–H groups in total. The van der Waals surface area contributed by atoms with Crippen molar-refractivity contribution in [3.63, 3.8) is 0 Å². The molecule has 0 aromatic carbocycles. The van der Waals surface area contributed by atoms with Crippen molar-refractivity contribution in [1.29, 1.82) is 0 Å². The minimum Gasteiger partial charge on any atom is -0.476 e. The summed E-state index contributed by atoms with van der Waals surface area (Å²) in [5.41, 5.74) is 6.65. The quantitative estimate of drug-likeness (QED) is 0.644. The number of hydrogen-bond donors (Lipinski definition) is 2. The lowest BCUT2D eigenvalue weighted by Crippen LogP contribution is -2.13. The van der Waals surface area contributed by atoms with E-state index in [1.165, 1.54) is 12.8 Å². The molecule has 0 radical (unpaired) electrons. The fourth-order valence-corrected chi connectivity index (χ4v) is 1.97. The smallest absolute Gasteiger partial charge is 0.242 e. The van der Waals surface area contributed by atoms with E-state index in [-0.39, 0.29) is 0 Å². The summed E-state index contributed by atoms with van der Waals surface area (Å²) in [6, 6.07) is 0. The minimum absolute atomic E-state index is 0.501. The molecule has 120 valence electrons. The second-order valence-corrected chi connectivity index (χ2v) is 5.79. The summed E-state index contributed by atoms with van der Waals surface area (Å²) in [6.07, 6.45) is 5.28. The monoisotopic (exact) mass is 294 g/mol. The first kappa shape index (κ1) is 17.5. The first-order chi connectivity index (χ1) is 10.1. The van der Waals surface area contributed by atoms with Crippen LogP contribution in [0.3, 0.4) is 0 Å². The third-order valence-corrected chi connectivity index (χ3v) is 3.06. The van der Waals surface area contributed by atoms with Crippen molar-refractivity contribution in [2.45, 2.75) is 59.8 Å². The predicted molar refractivity (Wildman–Crippen MR) is 88.8 cm³/mol. The number of nitrogens with two attached hydrogens (primary N) is 1. The molecule has 5 heteroatoms. The lowest BCUT2D eigenvalue weighted by atomic mass is 10.1. The normalized spacial score (nSPS) is 10.9. The Morgan fingerprint density at radius 3 is 2.52 bits per heavy atom. The lowest BCUT2D eigenvalue weighted by Gasteiger charge is -2.14. The largest absolute Gasteiger partial charge is 0.476 e. The number of aromatic nitrogens is 2. The molecular weight excluding hydrogens is 264 g/mol. The zero-order chi connectivity index (χ0) is 15.7. The van der Waals surface area contributed by atoms with Gasteiger partial charge in [0.15, 0.2) is 5.82 Å². The van der Waals surface area contributed by atoms with Crippen molar-refractivity contribution in [3.8, 4) is 5.88 Å². The van der Waals surface area contributed by atoms with E-state index in [0.29, 0.717) is 29.9 Å². The predicted octanol–water partition coefficient (Wildman–Crippen LogP) is 3.65. The first-order valence-electron chi connectivity index (χ1n) is 8.11. The van der Waals surface area contributed by atoms with E-state index in [1.807, 2.05) is 0 Å². The summed E-state index contributed by atoms with van der Waals surface area (Å²) in [5, 5.41) is 3.32. The maximum atomic E-state index is 6.13. The molecule has 0 saturated heterocycles. The molecular formula is C16H30N4O. The highest BCUT2D eigenvalue weighted by atomic mass is 16.5. The van der Waals surface area contributed by atoms with Gasteiger partial charge < -0.3 is 15.8 Å². The molecule has 1 rings (SSSR count). The molecule has 1 heterocycles. The van der Waals surface area contributed by atoms with Gasteiger partial charge in [-0.2, -0.15) is 4.98 Å². The molecule has 0 unspecified atom stereocenters. The summed E-state index contributed by atoms with van der Waals surface area (Å²) in [5.74, 6) is 2.52. The van der Waals surface area contributed by atoms with Gasteiger partial charge in [-0.15, -0.1) is 0 Å². The van der Waals surface area contributed by atoms with E-state index in [0.717, 1.165) is 31.6 Å². The van der Waals surface area contributed by atoms with Gasteiger partial charge in [-0.25, -0.2) is 4.98 Å². The number of nitrogens with one attached hydrogen (secondary N) is 1. The second kappa shape index (κ2) is 9.42. The summed E-state index contributed by atoms with van der Waals surface area (Å²) >= 11 is 0. The van der Waals surface area contributed by atoms with Gasteiger partial charge in [0.05, 0.1) is 6.61 Å². The molecule has 0 fully saturated rings. The average Bonchev–Trinajstić information content (AvgIpc) is 2.44. The van der Waals surface area contributed by atoms with Crippen LogP contribution in [-0.4, -0.2) is 23.1 Å². The SMILES string of the molecule is CCCCCNc1nc(CC(C)C)nc(OCCC)c1N. The molecule has 0 spiro atoms. The second-order valence-electron chi connectivity index (χ2n) is 5.79. The number of rotatable bonds is 10. The molecule has 0 aliphatic carbocycles. The van der Waals surface area contributed by atoms with Gasteiger partial charge in [0, 0.05) is 13.0 Å². The molecule has 1 aromatic rings. The minimum atomic E-state index is 0.501. The number of nitrogens with zero attached hydrogens (tertiary/aromatic N) is 2. The summed E-state index contributed by atoms with van der Waals surface area (Å²) in [4.78, 5) is 9.01. The van der Waals surface area contributed by atoms with E-state index in [4.69, 9.17) is 10.5 Å². The maximum Gasteiger partial charge on any atom is 0.242 e. The number of nitrogen functional groups attached to an aromatic ring is 1. The molecule has 0 aliphatic heterocycles. The number of anilines is 2. The molecule has 0 amide bonds. The van der Waals surface area contributed by atoms with Crippen LogP contribution >= 0.6 is 0 Å². The maximum absolute atomic E-state index is 6.13. The van der Waals surface area contributed by atoms with Crippen molar-refractivity contribution in [3.05, 3.63) is 5.82 Å². The topological polar surface area (TPSA) is 73.1 Å². The fourth-order valence-electron chi connectivity index (χ4n) is 1.97. The Labute approximate surface area is 128 Å². The Morgan fingerprint density at radius 2 is 1.90 bits per heavy atom. The summed E-state index contributed by atoms with van der Waals surface area (Å²) in [7, 11) is 0. The van der Waals surface area contributed by atoms with Crippen LogP contribution in [0.5, 0.6) is 5.88 Å². The van der Waals surface area contributed by atoms with Crippen molar-refractivity contribution in [1.82, 2.24) is 9.97 Å². The van der Waals surface area contributed by atoms with Gasteiger partial charge >= 0.3 is 0 Å². The van der Waals surface area contributed by atoms with Gasteiger partial charge in [-0.05, 0) is 18.8 Å². The average molecular weight is 294 g/mol. The fraction of sp³-hybridized carbons (Fsp3) is 0.750. The van der Waals surface area contributed by atoms with Crippen LogP contribution in [0.4, 0.5) is 11.5 Å². The van der Waals surface area contributed by atoms with E-state index < -0.39 is 0 Å². The van der Waals surface area contributed by atoms with Crippen molar-refractivity contribution < 1.29 is 4.74 Å². The molecule has 0 aliphatic rings. The van der Waals surface area contributed by atoms with E-state index >= 15 is 0 Å². The van der Waals surface area contributed by atoms with Crippen molar-refractivity contribution in [2.75, 3.05) is 24.2 Å². The van der Waals surface area contributed by atoms with Gasteiger partial charge in [-0.3, -0.25) is 0 Å². The highest BCUT2D eigenvalue weighted by Gasteiger charge is 2.13. The Bertz CT molecular complexity index is 421. The highest BCUT2D eigenvalue weighted by molar-refractivity contribution is 5.66. The Balaban J connectivity index is 2.86. The lowest BCUT2D eigenvalue weighted by molar-refractivity contribution is 0.305. The standard InChI is InChI=1S/C16H30N4O/c1-5-7-8-9-18-15-14(17)16(21-10-6-2)20-13(19-15)11-12(3)4/h12H,5-11,17H2,1-4H3,(H,18,19,20). The Kier molecular flexibility index (Phi) is 7.87. The summed E-state index contributed by atoms with van der Waals surface area (Å²) in [6.45, 7) is 10.1. The van der Waals surface area contributed by atoms with Crippen molar-refractivity contribution in [2.24, 2.45) is 5.92 Å². The molecule has 0 bridgehead atoms. The third kappa shape index (κ3) is 6.19. The Morgan fingerprint density at radius 1 is 1.14 bits per heavy atom. The third-order valence-electron chi connectivity index (χ3n) is 3.06. The number of unbranched alkanes of at least 4 members (excludes halogenated alkanes) is 2. The van der Waals surface area contributed by atoms with Crippen LogP contribution in [0.25, 0.3) is 0 Å². The van der Waals surface area contributed by atoms with Crippen LogP contribution < -0.4 is 15.8 Å². The number of ether oxygens (including phenoxy) is 1.